The van der Waals surface area contributed by atoms with Gasteiger partial charge >= 0.3 is 0 Å². The van der Waals surface area contributed by atoms with Gasteiger partial charge < -0.3 is 5.32 Å². The van der Waals surface area contributed by atoms with Crippen LogP contribution in [0.2, 0.25) is 0 Å². The Labute approximate surface area is 121 Å². The maximum absolute atomic E-state index is 13.9. The Morgan fingerprint density at radius 3 is 2.39 bits per heavy atom. The predicted molar refractivity (Wildman–Crippen MR) is 79.5 cm³/mol. The molecule has 0 fully saturated rings. The summed E-state index contributed by atoms with van der Waals surface area (Å²) in [5.74, 6) is -0.214. The summed E-state index contributed by atoms with van der Waals surface area (Å²) in [4.78, 5) is 0. The molecular weight excluding hydrogens is 317 g/mol. The quantitative estimate of drug-likeness (QED) is 0.880. The zero-order valence-corrected chi connectivity index (χ0v) is 12.3. The van der Waals surface area contributed by atoms with Gasteiger partial charge in [-0.2, -0.15) is 0 Å². The van der Waals surface area contributed by atoms with Crippen molar-refractivity contribution in [3.05, 3.63) is 58.3 Å². The molecule has 2 aromatic rings. The monoisotopic (exact) mass is 329 g/mol. The van der Waals surface area contributed by atoms with E-state index in [4.69, 9.17) is 0 Å². The van der Waals surface area contributed by atoms with E-state index >= 15 is 0 Å². The molecule has 0 aliphatic rings. The van der Waals surface area contributed by atoms with Gasteiger partial charge in [-0.25, -0.2) is 4.39 Å². The minimum Gasteiger partial charge on any atom is -0.316 e. The molecule has 0 heterocycles. The van der Waals surface area contributed by atoms with E-state index in [1.807, 2.05) is 37.4 Å². The van der Waals surface area contributed by atoms with E-state index in [0.29, 0.717) is 10.0 Å². The number of hydrogen-bond acceptors (Lipinski definition) is 1. The van der Waals surface area contributed by atoms with Crippen molar-refractivity contribution in [2.75, 3.05) is 7.05 Å². The summed E-state index contributed by atoms with van der Waals surface area (Å²) < 4.78 is 14.4. The summed E-state index contributed by atoms with van der Waals surface area (Å²) in [6.45, 7) is 0.821. The average molecular weight is 331 g/mol. The molecular formula is C14H14BrClFN. The van der Waals surface area contributed by atoms with E-state index < -0.39 is 0 Å². The highest BCUT2D eigenvalue weighted by Gasteiger charge is 2.07. The summed E-state index contributed by atoms with van der Waals surface area (Å²) in [5.41, 5.74) is 2.70. The topological polar surface area (TPSA) is 12.0 Å². The third-order valence-corrected chi connectivity index (χ3v) is 3.21. The number of halogens is 3. The third-order valence-electron chi connectivity index (χ3n) is 2.60. The molecule has 1 nitrogen and oxygen atoms in total. The molecule has 0 radical (unpaired) electrons. The van der Waals surface area contributed by atoms with Gasteiger partial charge in [-0.05, 0) is 40.2 Å². The molecule has 96 valence electrons. The van der Waals surface area contributed by atoms with Gasteiger partial charge in [0, 0.05) is 12.1 Å². The van der Waals surface area contributed by atoms with E-state index in [2.05, 4.69) is 21.2 Å². The van der Waals surface area contributed by atoms with Crippen LogP contribution >= 0.6 is 28.3 Å². The van der Waals surface area contributed by atoms with Gasteiger partial charge in [-0.15, -0.1) is 12.4 Å². The molecule has 0 atom stereocenters. The van der Waals surface area contributed by atoms with Crippen LogP contribution in [0.1, 0.15) is 5.56 Å². The fourth-order valence-electron chi connectivity index (χ4n) is 1.73. The Morgan fingerprint density at radius 1 is 1.11 bits per heavy atom. The predicted octanol–water partition coefficient (Wildman–Crippen LogP) is 4.40. The Morgan fingerprint density at radius 2 is 1.78 bits per heavy atom. The number of nitrogens with one attached hydrogen (secondary N) is 1. The zero-order chi connectivity index (χ0) is 12.3. The minimum atomic E-state index is -0.214. The van der Waals surface area contributed by atoms with Crippen LogP contribution in [0.25, 0.3) is 11.1 Å². The van der Waals surface area contributed by atoms with Crippen LogP contribution in [-0.4, -0.2) is 7.05 Å². The Bertz CT molecular complexity index is 514. The largest absolute Gasteiger partial charge is 0.316 e. The van der Waals surface area contributed by atoms with Crippen molar-refractivity contribution in [1.82, 2.24) is 5.32 Å². The molecule has 2 rings (SSSR count). The zero-order valence-electron chi connectivity index (χ0n) is 9.91. The Hall–Kier alpha value is -0.900. The number of hydrogen-bond donors (Lipinski definition) is 1. The third kappa shape index (κ3) is 3.31. The summed E-state index contributed by atoms with van der Waals surface area (Å²) in [6.07, 6.45) is 0. The fraction of sp³-hybridized carbons (Fsp3) is 0.143. The SMILES string of the molecule is CNCc1ccc(-c2cccc(Br)c2F)cc1.Cl. The van der Waals surface area contributed by atoms with Crippen LogP contribution in [0, 0.1) is 5.82 Å². The molecule has 0 spiro atoms. The lowest BCUT2D eigenvalue weighted by Crippen LogP contribution is -2.04. The van der Waals surface area contributed by atoms with Gasteiger partial charge in [-0.1, -0.05) is 36.4 Å². The summed E-state index contributed by atoms with van der Waals surface area (Å²) >= 11 is 3.20. The molecule has 0 saturated carbocycles. The highest BCUT2D eigenvalue weighted by molar-refractivity contribution is 9.10. The number of benzene rings is 2. The van der Waals surface area contributed by atoms with Crippen molar-refractivity contribution < 1.29 is 4.39 Å². The van der Waals surface area contributed by atoms with E-state index in [1.54, 1.807) is 12.1 Å². The minimum absolute atomic E-state index is 0. The van der Waals surface area contributed by atoms with E-state index in [-0.39, 0.29) is 18.2 Å². The maximum atomic E-state index is 13.9. The first-order valence-corrected chi connectivity index (χ1v) is 6.19. The van der Waals surface area contributed by atoms with Crippen molar-refractivity contribution in [2.45, 2.75) is 6.54 Å². The summed E-state index contributed by atoms with van der Waals surface area (Å²) in [7, 11) is 1.90. The van der Waals surface area contributed by atoms with Gasteiger partial charge in [0.15, 0.2) is 0 Å². The van der Waals surface area contributed by atoms with Crippen LogP contribution in [0.5, 0.6) is 0 Å². The molecule has 2 aromatic carbocycles. The molecule has 18 heavy (non-hydrogen) atoms. The van der Waals surface area contributed by atoms with Crippen molar-refractivity contribution in [3.63, 3.8) is 0 Å². The van der Waals surface area contributed by atoms with Crippen molar-refractivity contribution >= 4 is 28.3 Å². The molecule has 0 amide bonds. The van der Waals surface area contributed by atoms with Crippen LogP contribution in [0.15, 0.2) is 46.9 Å². The normalized spacial score (nSPS) is 9.94. The molecule has 0 aliphatic heterocycles. The fourth-order valence-corrected chi connectivity index (χ4v) is 2.10. The van der Waals surface area contributed by atoms with Gasteiger partial charge in [0.25, 0.3) is 0 Å². The second kappa shape index (κ2) is 6.88. The molecule has 0 aromatic heterocycles. The molecule has 4 heteroatoms. The number of rotatable bonds is 3. The highest BCUT2D eigenvalue weighted by atomic mass is 79.9. The average Bonchev–Trinajstić information content (AvgIpc) is 2.34. The standard InChI is InChI=1S/C14H13BrFN.ClH/c1-17-9-10-5-7-11(8-6-10)12-3-2-4-13(15)14(12)16;/h2-8,17H,9H2,1H3;1H. The van der Waals surface area contributed by atoms with E-state index in [1.165, 1.54) is 5.56 Å². The van der Waals surface area contributed by atoms with Gasteiger partial charge in [0.05, 0.1) is 4.47 Å². The Kier molecular flexibility index (Phi) is 5.79. The molecule has 1 N–H and O–H groups in total. The molecule has 0 saturated heterocycles. The summed E-state index contributed by atoms with van der Waals surface area (Å²) in [6, 6.07) is 13.2. The molecule has 0 unspecified atom stereocenters. The second-order valence-corrected chi connectivity index (χ2v) is 4.68. The Balaban J connectivity index is 0.00000162. The first-order chi connectivity index (χ1) is 8.22. The van der Waals surface area contributed by atoms with Crippen LogP contribution in [-0.2, 0) is 6.54 Å². The lowest BCUT2D eigenvalue weighted by atomic mass is 10.0. The lowest BCUT2D eigenvalue weighted by Gasteiger charge is -2.06. The first kappa shape index (κ1) is 15.2. The van der Waals surface area contributed by atoms with Gasteiger partial charge in [0.2, 0.25) is 0 Å². The summed E-state index contributed by atoms with van der Waals surface area (Å²) in [5, 5.41) is 3.08. The van der Waals surface area contributed by atoms with Gasteiger partial charge in [0.1, 0.15) is 5.82 Å². The molecule has 0 bridgehead atoms. The van der Waals surface area contributed by atoms with Crippen LogP contribution < -0.4 is 5.32 Å². The van der Waals surface area contributed by atoms with Crippen LogP contribution in [0.3, 0.4) is 0 Å². The van der Waals surface area contributed by atoms with Crippen molar-refractivity contribution in [3.8, 4) is 11.1 Å². The van der Waals surface area contributed by atoms with Crippen molar-refractivity contribution in [1.29, 1.82) is 0 Å². The van der Waals surface area contributed by atoms with E-state index in [0.717, 1.165) is 12.1 Å². The van der Waals surface area contributed by atoms with Gasteiger partial charge in [-0.3, -0.25) is 0 Å². The second-order valence-electron chi connectivity index (χ2n) is 3.83. The molecule has 0 aliphatic carbocycles. The van der Waals surface area contributed by atoms with Crippen molar-refractivity contribution in [2.24, 2.45) is 0 Å². The van der Waals surface area contributed by atoms with Crippen LogP contribution in [0.4, 0.5) is 4.39 Å². The van der Waals surface area contributed by atoms with E-state index in [9.17, 15) is 4.39 Å². The smallest absolute Gasteiger partial charge is 0.145 e. The first-order valence-electron chi connectivity index (χ1n) is 5.40. The maximum Gasteiger partial charge on any atom is 0.145 e. The highest BCUT2D eigenvalue weighted by Crippen LogP contribution is 2.27. The lowest BCUT2D eigenvalue weighted by molar-refractivity contribution is 0.624.